The number of hydrogen-bond acceptors (Lipinski definition) is 3. The normalized spacial score (nSPS) is 8.81. The van der Waals surface area contributed by atoms with E-state index >= 15 is 0 Å². The molecule has 0 bridgehead atoms. The summed E-state index contributed by atoms with van der Waals surface area (Å²) in [5.74, 6) is -2.38. The maximum Gasteiger partial charge on any atom is 0.374 e. The lowest BCUT2D eigenvalue weighted by atomic mass is 10.2. The molecule has 0 spiro atoms. The molecule has 3 nitrogen and oxygen atoms in total. The van der Waals surface area contributed by atoms with E-state index in [1.54, 1.807) is 6.92 Å². The molecule has 0 atom stereocenters. The van der Waals surface area contributed by atoms with Gasteiger partial charge in [-0.3, -0.25) is 4.79 Å². The van der Waals surface area contributed by atoms with Crippen molar-refractivity contribution < 1.29 is 23.1 Å². The Morgan fingerprint density at radius 1 is 1.25 bits per heavy atom. The van der Waals surface area contributed by atoms with Gasteiger partial charge in [0.1, 0.15) is 11.6 Å². The van der Waals surface area contributed by atoms with Crippen molar-refractivity contribution in [2.24, 2.45) is 0 Å². The van der Waals surface area contributed by atoms with Crippen LogP contribution in [-0.2, 0) is 14.3 Å². The van der Waals surface area contributed by atoms with Gasteiger partial charge in [-0.05, 0) is 18.6 Å². The van der Waals surface area contributed by atoms with Crippen LogP contribution in [0, 0.1) is 18.6 Å². The number of benzene rings is 1. The quantitative estimate of drug-likeness (QED) is 0.547. The third-order valence-electron chi connectivity index (χ3n) is 1.61. The minimum atomic E-state index is -0.792. The Morgan fingerprint density at radius 2 is 1.81 bits per heavy atom. The minimum Gasteiger partial charge on any atom is -0.463 e. The van der Waals surface area contributed by atoms with Crippen molar-refractivity contribution in [1.82, 2.24) is 0 Å². The van der Waals surface area contributed by atoms with Crippen LogP contribution in [0.3, 0.4) is 0 Å². The molecular formula is C11H12F2O3. The van der Waals surface area contributed by atoms with Crippen molar-refractivity contribution in [3.05, 3.63) is 35.4 Å². The fourth-order valence-electron chi connectivity index (χ4n) is 0.711. The van der Waals surface area contributed by atoms with Crippen LogP contribution in [0.4, 0.5) is 8.78 Å². The third kappa shape index (κ3) is 5.19. The molecule has 1 aromatic carbocycles. The lowest BCUT2D eigenvalue weighted by Crippen LogP contribution is -2.10. The second kappa shape index (κ2) is 6.66. The molecule has 0 N–H and O–H groups in total. The number of esters is 1. The average Bonchev–Trinajstić information content (AvgIpc) is 2.23. The summed E-state index contributed by atoms with van der Waals surface area (Å²) < 4.78 is 28.5. The lowest BCUT2D eigenvalue weighted by Gasteiger charge is -1.92. The molecular weight excluding hydrogens is 218 g/mol. The summed E-state index contributed by atoms with van der Waals surface area (Å²) in [7, 11) is 1.17. The highest BCUT2D eigenvalue weighted by Gasteiger charge is 2.03. The number of ketones is 1. The van der Waals surface area contributed by atoms with E-state index in [9.17, 15) is 18.4 Å². The average molecular weight is 230 g/mol. The Morgan fingerprint density at radius 3 is 2.06 bits per heavy atom. The molecule has 88 valence electrons. The van der Waals surface area contributed by atoms with Gasteiger partial charge in [0.05, 0.1) is 7.11 Å². The van der Waals surface area contributed by atoms with Gasteiger partial charge >= 0.3 is 5.97 Å². The Kier molecular flexibility index (Phi) is 5.92. The number of carbonyl (C=O) groups is 2. The zero-order valence-electron chi connectivity index (χ0n) is 9.21. The standard InChI is InChI=1S/C7H6F2.C4H6O3/c1-5-2-3-6(8)4-7(5)9;1-3(5)4(6)7-2/h2-4H,1H3;1-2H3. The van der Waals surface area contributed by atoms with E-state index < -0.39 is 23.4 Å². The van der Waals surface area contributed by atoms with E-state index in [-0.39, 0.29) is 0 Å². The Labute approximate surface area is 92.0 Å². The van der Waals surface area contributed by atoms with Crippen LogP contribution < -0.4 is 0 Å². The van der Waals surface area contributed by atoms with E-state index in [4.69, 9.17) is 0 Å². The number of carbonyl (C=O) groups excluding carboxylic acids is 2. The summed E-state index contributed by atoms with van der Waals surface area (Å²) in [6.07, 6.45) is 0. The van der Waals surface area contributed by atoms with Crippen LogP contribution in [-0.4, -0.2) is 18.9 Å². The first kappa shape index (κ1) is 14.2. The summed E-state index contributed by atoms with van der Waals surface area (Å²) >= 11 is 0. The Balaban J connectivity index is 0.000000293. The number of halogens is 2. The molecule has 1 rings (SSSR count). The first-order valence-corrected chi connectivity index (χ1v) is 4.39. The molecule has 0 radical (unpaired) electrons. The molecule has 5 heteroatoms. The number of Topliss-reactive ketones (excluding diaryl/α,β-unsaturated/α-hetero) is 1. The van der Waals surface area contributed by atoms with Crippen molar-refractivity contribution in [3.8, 4) is 0 Å². The molecule has 0 fully saturated rings. The molecule has 0 aliphatic heterocycles. The first-order chi connectivity index (χ1) is 7.38. The van der Waals surface area contributed by atoms with Crippen LogP contribution in [0.2, 0.25) is 0 Å². The highest BCUT2D eigenvalue weighted by Crippen LogP contribution is 2.06. The number of ether oxygens (including phenoxy) is 1. The minimum absolute atomic E-state index is 0.469. The molecule has 0 aliphatic rings. The molecule has 1 aromatic rings. The second-order valence-electron chi connectivity index (χ2n) is 2.94. The van der Waals surface area contributed by atoms with Gasteiger partial charge in [-0.25, -0.2) is 13.6 Å². The summed E-state index contributed by atoms with van der Waals surface area (Å²) in [4.78, 5) is 19.8. The first-order valence-electron chi connectivity index (χ1n) is 4.39. The van der Waals surface area contributed by atoms with E-state index in [2.05, 4.69) is 4.74 Å². The number of methoxy groups -OCH3 is 1. The number of rotatable bonds is 1. The summed E-state index contributed by atoms with van der Waals surface area (Å²) in [6, 6.07) is 3.51. The van der Waals surface area contributed by atoms with E-state index in [0.717, 1.165) is 13.0 Å². The van der Waals surface area contributed by atoms with Crippen molar-refractivity contribution >= 4 is 11.8 Å². The van der Waals surface area contributed by atoms with Gasteiger partial charge in [0.2, 0.25) is 5.78 Å². The van der Waals surface area contributed by atoms with Gasteiger partial charge in [0, 0.05) is 13.0 Å². The maximum absolute atomic E-state index is 12.3. The van der Waals surface area contributed by atoms with Crippen molar-refractivity contribution in [2.75, 3.05) is 7.11 Å². The van der Waals surface area contributed by atoms with Crippen LogP contribution in [0.1, 0.15) is 12.5 Å². The highest BCUT2D eigenvalue weighted by atomic mass is 19.1. The molecule has 16 heavy (non-hydrogen) atoms. The van der Waals surface area contributed by atoms with Crippen LogP contribution >= 0.6 is 0 Å². The molecule has 0 unspecified atom stereocenters. The highest BCUT2D eigenvalue weighted by molar-refractivity contribution is 6.32. The van der Waals surface area contributed by atoms with Crippen LogP contribution in [0.15, 0.2) is 18.2 Å². The van der Waals surface area contributed by atoms with Gasteiger partial charge < -0.3 is 4.74 Å². The van der Waals surface area contributed by atoms with Crippen LogP contribution in [0.25, 0.3) is 0 Å². The fourth-order valence-corrected chi connectivity index (χ4v) is 0.711. The Hall–Kier alpha value is -1.78. The predicted molar refractivity (Wildman–Crippen MR) is 53.8 cm³/mol. The fraction of sp³-hybridized carbons (Fsp3) is 0.273. The van der Waals surface area contributed by atoms with Gasteiger partial charge in [-0.2, -0.15) is 0 Å². The zero-order chi connectivity index (χ0) is 12.7. The molecule has 0 amide bonds. The summed E-state index contributed by atoms with van der Waals surface area (Å²) in [6.45, 7) is 2.75. The molecule has 0 heterocycles. The molecule has 0 saturated heterocycles. The van der Waals surface area contributed by atoms with Crippen molar-refractivity contribution in [2.45, 2.75) is 13.8 Å². The number of aryl methyl sites for hydroxylation is 1. The largest absolute Gasteiger partial charge is 0.463 e. The SMILES string of the molecule is COC(=O)C(C)=O.Cc1ccc(F)cc1F. The van der Waals surface area contributed by atoms with Gasteiger partial charge in [0.25, 0.3) is 0 Å². The van der Waals surface area contributed by atoms with Gasteiger partial charge in [0.15, 0.2) is 0 Å². The summed E-state index contributed by atoms with van der Waals surface area (Å²) in [5, 5.41) is 0. The van der Waals surface area contributed by atoms with E-state index in [1.807, 2.05) is 0 Å². The van der Waals surface area contributed by atoms with Crippen molar-refractivity contribution in [1.29, 1.82) is 0 Å². The lowest BCUT2D eigenvalue weighted by molar-refractivity contribution is -0.150. The number of hydrogen-bond donors (Lipinski definition) is 0. The molecule has 0 aromatic heterocycles. The Bertz CT molecular complexity index is 389. The second-order valence-corrected chi connectivity index (χ2v) is 2.94. The smallest absolute Gasteiger partial charge is 0.374 e. The van der Waals surface area contributed by atoms with E-state index in [1.165, 1.54) is 19.2 Å². The molecule has 0 saturated carbocycles. The summed E-state index contributed by atoms with van der Waals surface area (Å²) in [5.41, 5.74) is 0.469. The van der Waals surface area contributed by atoms with Crippen molar-refractivity contribution in [3.63, 3.8) is 0 Å². The molecule has 0 aliphatic carbocycles. The zero-order valence-corrected chi connectivity index (χ0v) is 9.21. The monoisotopic (exact) mass is 230 g/mol. The van der Waals surface area contributed by atoms with Gasteiger partial charge in [-0.1, -0.05) is 6.07 Å². The van der Waals surface area contributed by atoms with Crippen LogP contribution in [0.5, 0.6) is 0 Å². The topological polar surface area (TPSA) is 43.4 Å². The maximum atomic E-state index is 12.3. The van der Waals surface area contributed by atoms with Gasteiger partial charge in [-0.15, -0.1) is 0 Å². The third-order valence-corrected chi connectivity index (χ3v) is 1.61. The van der Waals surface area contributed by atoms with E-state index in [0.29, 0.717) is 5.56 Å². The predicted octanol–water partition coefficient (Wildman–Crippen LogP) is 2.02.